The monoisotopic (exact) mass is 262 g/mol. The molecule has 1 aliphatic rings. The molecule has 0 bridgehead atoms. The van der Waals surface area contributed by atoms with Crippen LogP contribution in [-0.4, -0.2) is 18.3 Å². The molecule has 1 saturated heterocycles. The average Bonchev–Trinajstić information content (AvgIpc) is 1.60. The summed E-state index contributed by atoms with van der Waals surface area (Å²) in [6.45, 7) is 0. The fourth-order valence-corrected chi connectivity index (χ4v) is 3.10. The summed E-state index contributed by atoms with van der Waals surface area (Å²) in [5.41, 5.74) is 0. The van der Waals surface area contributed by atoms with E-state index < -0.39 is 10.1 Å². The topological polar surface area (TPSA) is 43.4 Å². The van der Waals surface area contributed by atoms with Gasteiger partial charge in [0.05, 0.1) is 5.75 Å². The van der Waals surface area contributed by atoms with Crippen molar-refractivity contribution < 1.29 is 12.6 Å². The fourth-order valence-electron chi connectivity index (χ4n) is 0.676. The smallest absolute Gasteiger partial charge is 0.256 e. The van der Waals surface area contributed by atoms with Crippen LogP contribution < -0.4 is 0 Å². The molecule has 0 aliphatic carbocycles. The molecule has 1 unspecified atom stereocenters. The lowest BCUT2D eigenvalue weighted by atomic mass is 10.4. The van der Waals surface area contributed by atoms with Crippen LogP contribution in [0.25, 0.3) is 0 Å². The van der Waals surface area contributed by atoms with Gasteiger partial charge in [-0.25, -0.2) is 0 Å². The molecule has 1 aliphatic heterocycles. The molecular formula is C4H7IO3S. The number of halogens is 1. The minimum atomic E-state index is -3.14. The molecule has 9 heavy (non-hydrogen) atoms. The summed E-state index contributed by atoms with van der Waals surface area (Å²) < 4.78 is 25.8. The Kier molecular flexibility index (Phi) is 2.33. The molecule has 0 amide bonds. The molecule has 0 radical (unpaired) electrons. The molecule has 1 heterocycles. The van der Waals surface area contributed by atoms with E-state index in [0.29, 0.717) is 0 Å². The number of alkyl halides is 1. The van der Waals surface area contributed by atoms with Crippen LogP contribution in [0.2, 0.25) is 0 Å². The molecule has 0 spiro atoms. The Balaban J connectivity index is 2.62. The molecule has 3 nitrogen and oxygen atoms in total. The summed E-state index contributed by atoms with van der Waals surface area (Å²) in [6.07, 6.45) is 1.58. The number of rotatable bonds is 0. The van der Waals surface area contributed by atoms with Gasteiger partial charge in [0, 0.05) is 0 Å². The van der Waals surface area contributed by atoms with Crippen molar-refractivity contribution in [2.24, 2.45) is 0 Å². The zero-order valence-electron chi connectivity index (χ0n) is 4.71. The zero-order valence-corrected chi connectivity index (χ0v) is 7.68. The predicted octanol–water partition coefficient (Wildman–Crippen LogP) is 0.888. The van der Waals surface area contributed by atoms with Crippen molar-refractivity contribution in [1.29, 1.82) is 0 Å². The molecule has 1 fully saturated rings. The lowest BCUT2D eigenvalue weighted by Gasteiger charge is -2.15. The van der Waals surface area contributed by atoms with Crippen molar-refractivity contribution in [3.63, 3.8) is 0 Å². The Labute approximate surface area is 68.0 Å². The molecule has 54 valence electrons. The predicted molar refractivity (Wildman–Crippen MR) is 41.9 cm³/mol. The molecule has 0 aromatic carbocycles. The summed E-state index contributed by atoms with van der Waals surface area (Å²) in [4.78, 5) is 0. The van der Waals surface area contributed by atoms with Gasteiger partial charge < -0.3 is 0 Å². The van der Waals surface area contributed by atoms with Crippen LogP contribution in [0.4, 0.5) is 0 Å². The van der Waals surface area contributed by atoms with Gasteiger partial charge >= 0.3 is 0 Å². The van der Waals surface area contributed by atoms with Gasteiger partial charge in [0.25, 0.3) is 10.1 Å². The van der Waals surface area contributed by atoms with Gasteiger partial charge in [-0.2, -0.15) is 8.42 Å². The summed E-state index contributed by atoms with van der Waals surface area (Å²) in [5, 5.41) is 0. The van der Waals surface area contributed by atoms with E-state index in [4.69, 9.17) is 0 Å². The van der Waals surface area contributed by atoms with Gasteiger partial charge in [0.2, 0.25) is 0 Å². The third-order valence-electron chi connectivity index (χ3n) is 1.08. The van der Waals surface area contributed by atoms with E-state index in [9.17, 15) is 8.42 Å². The van der Waals surface area contributed by atoms with Crippen LogP contribution in [0.3, 0.4) is 0 Å². The van der Waals surface area contributed by atoms with Gasteiger partial charge in [-0.3, -0.25) is 4.18 Å². The minimum absolute atomic E-state index is 0.138. The quantitative estimate of drug-likeness (QED) is 0.370. The lowest BCUT2D eigenvalue weighted by molar-refractivity contribution is 0.275. The SMILES string of the molecule is O=S1(=O)CCCC(I)O1. The van der Waals surface area contributed by atoms with Crippen LogP contribution in [0, 0.1) is 0 Å². The highest BCUT2D eigenvalue weighted by molar-refractivity contribution is 14.1. The first-order chi connectivity index (χ1) is 4.10. The van der Waals surface area contributed by atoms with Gasteiger partial charge in [-0.1, -0.05) is 0 Å². The molecule has 5 heteroatoms. The Morgan fingerprint density at radius 3 is 2.56 bits per heavy atom. The molecule has 1 rings (SSSR count). The largest absolute Gasteiger partial charge is 0.268 e. The van der Waals surface area contributed by atoms with Crippen molar-refractivity contribution in [3.05, 3.63) is 0 Å². The third kappa shape index (κ3) is 2.38. The molecule has 0 aromatic rings. The normalized spacial score (nSPS) is 34.1. The van der Waals surface area contributed by atoms with Gasteiger partial charge in [-0.05, 0) is 35.4 Å². The summed E-state index contributed by atoms with van der Waals surface area (Å²) in [7, 11) is -3.14. The van der Waals surface area contributed by atoms with Crippen molar-refractivity contribution >= 4 is 32.7 Å². The van der Waals surface area contributed by atoms with Crippen LogP contribution in [-0.2, 0) is 14.3 Å². The second-order valence-corrected chi connectivity index (χ2v) is 5.02. The van der Waals surface area contributed by atoms with E-state index in [1.807, 2.05) is 22.6 Å². The molecular weight excluding hydrogens is 255 g/mol. The maximum atomic E-state index is 10.6. The van der Waals surface area contributed by atoms with E-state index in [0.717, 1.165) is 12.8 Å². The standard InChI is InChI=1S/C4H7IO3S/c5-4-2-1-3-9(6,7)8-4/h4H,1-3H2. The molecule has 0 saturated carbocycles. The average molecular weight is 262 g/mol. The van der Waals surface area contributed by atoms with Crippen LogP contribution in [0.15, 0.2) is 0 Å². The highest BCUT2D eigenvalue weighted by Crippen LogP contribution is 2.20. The van der Waals surface area contributed by atoms with E-state index in [1.54, 1.807) is 0 Å². The fraction of sp³-hybridized carbons (Fsp3) is 1.00. The Morgan fingerprint density at radius 1 is 1.56 bits per heavy atom. The first-order valence-corrected chi connectivity index (χ1v) is 5.47. The van der Waals surface area contributed by atoms with E-state index in [2.05, 4.69) is 4.18 Å². The zero-order chi connectivity index (χ0) is 6.91. The first-order valence-electron chi connectivity index (χ1n) is 2.65. The lowest BCUT2D eigenvalue weighted by Crippen LogP contribution is -2.22. The van der Waals surface area contributed by atoms with Crippen LogP contribution in [0.5, 0.6) is 0 Å². The summed E-state index contributed by atoms with van der Waals surface area (Å²) in [6, 6.07) is 0. The summed E-state index contributed by atoms with van der Waals surface area (Å²) in [5.74, 6) is 0.187. The van der Waals surface area contributed by atoms with Crippen molar-refractivity contribution in [3.8, 4) is 0 Å². The van der Waals surface area contributed by atoms with Crippen molar-refractivity contribution in [1.82, 2.24) is 0 Å². The Morgan fingerprint density at radius 2 is 2.22 bits per heavy atom. The Hall–Kier alpha value is 0.640. The maximum absolute atomic E-state index is 10.6. The van der Waals surface area contributed by atoms with Crippen LogP contribution >= 0.6 is 22.6 Å². The summed E-state index contributed by atoms with van der Waals surface area (Å²) >= 11 is 1.98. The molecule has 0 N–H and O–H groups in total. The third-order valence-corrected chi connectivity index (χ3v) is 3.61. The molecule has 0 aromatic heterocycles. The second-order valence-electron chi connectivity index (χ2n) is 1.91. The van der Waals surface area contributed by atoms with Gasteiger partial charge in [0.15, 0.2) is 0 Å². The highest BCUT2D eigenvalue weighted by Gasteiger charge is 2.22. The van der Waals surface area contributed by atoms with E-state index >= 15 is 0 Å². The van der Waals surface area contributed by atoms with Gasteiger partial charge in [-0.15, -0.1) is 0 Å². The van der Waals surface area contributed by atoms with Crippen molar-refractivity contribution in [2.45, 2.75) is 17.0 Å². The van der Waals surface area contributed by atoms with E-state index in [1.165, 1.54) is 0 Å². The number of hydrogen-bond acceptors (Lipinski definition) is 3. The minimum Gasteiger partial charge on any atom is -0.256 e. The second kappa shape index (κ2) is 2.71. The Bertz CT molecular complexity index is 186. The first kappa shape index (κ1) is 7.74. The maximum Gasteiger partial charge on any atom is 0.268 e. The van der Waals surface area contributed by atoms with Gasteiger partial charge in [0.1, 0.15) is 4.11 Å². The molecule has 1 atom stereocenters. The van der Waals surface area contributed by atoms with E-state index in [-0.39, 0.29) is 9.86 Å². The number of hydrogen-bond donors (Lipinski definition) is 0. The van der Waals surface area contributed by atoms with Crippen molar-refractivity contribution in [2.75, 3.05) is 5.75 Å². The highest BCUT2D eigenvalue weighted by atomic mass is 127. The van der Waals surface area contributed by atoms with Crippen LogP contribution in [0.1, 0.15) is 12.8 Å².